The number of rotatable bonds is 9. The first-order valence-electron chi connectivity index (χ1n) is 10.3. The third-order valence-corrected chi connectivity index (χ3v) is 5.67. The highest BCUT2D eigenvalue weighted by molar-refractivity contribution is 5.85. The molecule has 8 heteroatoms. The van der Waals surface area contributed by atoms with Crippen LogP contribution < -0.4 is 10.1 Å². The quantitative estimate of drug-likeness (QED) is 0.580. The van der Waals surface area contributed by atoms with Gasteiger partial charge in [-0.05, 0) is 56.9 Å². The molecule has 2 atom stereocenters. The minimum absolute atomic E-state index is 0.0277. The highest BCUT2D eigenvalue weighted by atomic mass is 19.3. The molecule has 1 saturated carbocycles. The Morgan fingerprint density at radius 1 is 1.17 bits per heavy atom. The minimum atomic E-state index is -3.24. The smallest absolute Gasteiger partial charge is 0.313 e. The molecule has 1 N–H and O–H groups in total. The molecule has 2 unspecified atom stereocenters. The van der Waals surface area contributed by atoms with Gasteiger partial charge < -0.3 is 14.8 Å². The fraction of sp³-hybridized carbons (Fsp3) is 0.636. The number of hydrogen-bond donors (Lipinski definition) is 1. The van der Waals surface area contributed by atoms with Crippen molar-refractivity contribution in [1.29, 1.82) is 0 Å². The summed E-state index contributed by atoms with van der Waals surface area (Å²) in [5, 5.41) is 2.89. The van der Waals surface area contributed by atoms with Gasteiger partial charge >= 0.3 is 12.4 Å². The van der Waals surface area contributed by atoms with E-state index >= 15 is 0 Å². The lowest BCUT2D eigenvalue weighted by atomic mass is 9.74. The lowest BCUT2D eigenvalue weighted by Crippen LogP contribution is -2.46. The summed E-state index contributed by atoms with van der Waals surface area (Å²) in [6.45, 7) is 5.69. The van der Waals surface area contributed by atoms with Crippen LogP contribution in [0.3, 0.4) is 0 Å². The maximum atomic E-state index is 13.1. The number of aryl methyl sites for hydroxylation is 1. The van der Waals surface area contributed by atoms with Gasteiger partial charge in [0.2, 0.25) is 5.91 Å². The molecule has 1 aliphatic carbocycles. The lowest BCUT2D eigenvalue weighted by molar-refractivity contribution is -0.157. The zero-order valence-corrected chi connectivity index (χ0v) is 17.7. The number of ether oxygens (including phenoxy) is 2. The molecule has 1 aromatic carbocycles. The first-order chi connectivity index (χ1) is 14.2. The molecule has 0 bridgehead atoms. The van der Waals surface area contributed by atoms with Crippen LogP contribution in [0.1, 0.15) is 63.0 Å². The highest BCUT2D eigenvalue weighted by Crippen LogP contribution is 2.37. The van der Waals surface area contributed by atoms with Crippen LogP contribution in [0.5, 0.6) is 5.75 Å². The summed E-state index contributed by atoms with van der Waals surface area (Å²) >= 11 is 0. The lowest BCUT2D eigenvalue weighted by Gasteiger charge is -2.35. The second kappa shape index (κ2) is 10.7. The molecule has 5 nitrogen and oxygen atoms in total. The molecule has 1 amide bonds. The Balaban J connectivity index is 2.05. The van der Waals surface area contributed by atoms with E-state index < -0.39 is 24.1 Å². The molecule has 0 radical (unpaired) electrons. The second-order valence-electron chi connectivity index (χ2n) is 7.82. The van der Waals surface area contributed by atoms with Gasteiger partial charge in [0.05, 0.1) is 17.9 Å². The predicted octanol–water partition coefficient (Wildman–Crippen LogP) is 4.67. The van der Waals surface area contributed by atoms with Gasteiger partial charge in [0.1, 0.15) is 5.75 Å². The monoisotopic (exact) mass is 429 g/mol. The molecule has 168 valence electrons. The van der Waals surface area contributed by atoms with Gasteiger partial charge in [0, 0.05) is 6.54 Å². The van der Waals surface area contributed by atoms with Gasteiger partial charge in [-0.25, -0.2) is 8.78 Å². The molecule has 0 heterocycles. The van der Waals surface area contributed by atoms with Gasteiger partial charge in [-0.3, -0.25) is 9.59 Å². The zero-order chi connectivity index (χ0) is 22.3. The van der Waals surface area contributed by atoms with Gasteiger partial charge in [0.15, 0.2) is 0 Å². The third kappa shape index (κ3) is 5.89. The van der Waals surface area contributed by atoms with Crippen LogP contribution in [0, 0.1) is 12.3 Å². The number of benzene rings is 1. The molecular weight excluding hydrogens is 399 g/mol. The average molecular weight is 429 g/mol. The van der Waals surface area contributed by atoms with E-state index in [-0.39, 0.29) is 24.2 Å². The van der Waals surface area contributed by atoms with Crippen molar-refractivity contribution >= 4 is 11.9 Å². The van der Waals surface area contributed by atoms with Gasteiger partial charge in [-0.1, -0.05) is 25.3 Å². The summed E-state index contributed by atoms with van der Waals surface area (Å²) in [6, 6.07) is 4.35. The Bertz CT molecular complexity index is 735. The number of carbonyl (C=O) groups excluding carboxylic acids is 2. The van der Waals surface area contributed by atoms with Crippen LogP contribution in [-0.4, -0.2) is 37.8 Å². The number of carbonyl (C=O) groups is 2. The fourth-order valence-corrected chi connectivity index (χ4v) is 3.91. The molecule has 1 aliphatic rings. The van der Waals surface area contributed by atoms with Crippen LogP contribution in [0.4, 0.5) is 13.2 Å². The van der Waals surface area contributed by atoms with Gasteiger partial charge in [-0.15, -0.1) is 0 Å². The number of esters is 1. The van der Waals surface area contributed by atoms with Crippen molar-refractivity contribution in [3.05, 3.63) is 29.3 Å². The van der Waals surface area contributed by atoms with Crippen molar-refractivity contribution in [2.75, 3.05) is 13.2 Å². The fourth-order valence-electron chi connectivity index (χ4n) is 3.91. The first-order valence-corrected chi connectivity index (χ1v) is 10.3. The number of alkyl halides is 3. The van der Waals surface area contributed by atoms with Crippen molar-refractivity contribution in [2.24, 2.45) is 5.41 Å². The molecule has 1 aromatic rings. The van der Waals surface area contributed by atoms with Crippen molar-refractivity contribution in [2.45, 2.75) is 71.6 Å². The Morgan fingerprint density at radius 2 is 1.83 bits per heavy atom. The number of nitrogens with one attached hydrogen (secondary N) is 1. The van der Waals surface area contributed by atoms with Crippen molar-refractivity contribution < 1.29 is 32.2 Å². The number of hydrogen-bond acceptors (Lipinski definition) is 4. The van der Waals surface area contributed by atoms with Gasteiger partial charge in [0.25, 0.3) is 6.36 Å². The summed E-state index contributed by atoms with van der Waals surface area (Å²) in [6.07, 6.45) is -1.69. The van der Waals surface area contributed by atoms with E-state index in [1.54, 1.807) is 26.8 Å². The van der Waals surface area contributed by atoms with Gasteiger partial charge in [-0.2, -0.15) is 4.39 Å². The molecule has 1 fully saturated rings. The second-order valence-corrected chi connectivity index (χ2v) is 7.82. The summed E-state index contributed by atoms with van der Waals surface area (Å²) in [4.78, 5) is 25.3. The summed E-state index contributed by atoms with van der Waals surface area (Å²) in [5.74, 6) is -1.09. The SMILES string of the molecule is CCOC(=O)C1(CNC(=O)C(C)c2ccc(OC(F)C(F)F)cc2C)CCCCC1. The number of amides is 1. The van der Waals surface area contributed by atoms with E-state index in [1.807, 2.05) is 0 Å². The Labute approximate surface area is 175 Å². The van der Waals surface area contributed by atoms with Crippen LogP contribution >= 0.6 is 0 Å². The summed E-state index contributed by atoms with van der Waals surface area (Å²) in [7, 11) is 0. The van der Waals surface area contributed by atoms with E-state index in [1.165, 1.54) is 12.1 Å². The molecule has 0 aliphatic heterocycles. The Morgan fingerprint density at radius 3 is 2.40 bits per heavy atom. The average Bonchev–Trinajstić information content (AvgIpc) is 2.72. The first kappa shape index (κ1) is 24.0. The van der Waals surface area contributed by atoms with Crippen molar-refractivity contribution in [1.82, 2.24) is 5.32 Å². The summed E-state index contributed by atoms with van der Waals surface area (Å²) in [5.41, 5.74) is 0.595. The highest BCUT2D eigenvalue weighted by Gasteiger charge is 2.41. The van der Waals surface area contributed by atoms with E-state index in [9.17, 15) is 22.8 Å². The molecular formula is C22H30F3NO4. The van der Waals surface area contributed by atoms with E-state index in [2.05, 4.69) is 10.1 Å². The molecule has 2 rings (SSSR count). The predicted molar refractivity (Wildman–Crippen MR) is 106 cm³/mol. The molecule has 0 aromatic heterocycles. The topological polar surface area (TPSA) is 64.6 Å². The zero-order valence-electron chi connectivity index (χ0n) is 17.7. The van der Waals surface area contributed by atoms with E-state index in [0.29, 0.717) is 30.6 Å². The molecule has 30 heavy (non-hydrogen) atoms. The van der Waals surface area contributed by atoms with Crippen LogP contribution in [0.15, 0.2) is 18.2 Å². The Hall–Kier alpha value is -2.25. The minimum Gasteiger partial charge on any atom is -0.466 e. The third-order valence-electron chi connectivity index (χ3n) is 5.67. The van der Waals surface area contributed by atoms with E-state index in [4.69, 9.17) is 4.74 Å². The standard InChI is InChI=1S/C22H30F3NO4/c1-4-29-21(28)22(10-6-5-7-11-22)13-26-20(27)15(3)17-9-8-16(12-14(17)2)30-19(25)18(23)24/h8-9,12,15,18-19H,4-7,10-11,13H2,1-3H3,(H,26,27). The van der Waals surface area contributed by atoms with Crippen molar-refractivity contribution in [3.63, 3.8) is 0 Å². The number of halogens is 3. The Kier molecular flexibility index (Phi) is 8.55. The summed E-state index contributed by atoms with van der Waals surface area (Å²) < 4.78 is 47.5. The maximum Gasteiger partial charge on any atom is 0.313 e. The van der Waals surface area contributed by atoms with Crippen LogP contribution in [0.25, 0.3) is 0 Å². The maximum absolute atomic E-state index is 13.1. The van der Waals surface area contributed by atoms with Crippen molar-refractivity contribution in [3.8, 4) is 5.75 Å². The molecule has 0 spiro atoms. The van der Waals surface area contributed by atoms with Crippen LogP contribution in [0.2, 0.25) is 0 Å². The molecule has 0 saturated heterocycles. The van der Waals surface area contributed by atoms with Crippen LogP contribution in [-0.2, 0) is 14.3 Å². The largest absolute Gasteiger partial charge is 0.466 e. The normalized spacial score (nSPS) is 17.8. The van der Waals surface area contributed by atoms with E-state index in [0.717, 1.165) is 19.3 Å².